The van der Waals surface area contributed by atoms with E-state index in [2.05, 4.69) is 21.9 Å². The van der Waals surface area contributed by atoms with Crippen LogP contribution in [0.1, 0.15) is 38.3 Å². The van der Waals surface area contributed by atoms with E-state index < -0.39 is 11.9 Å². The molecule has 3 aromatic rings. The van der Waals surface area contributed by atoms with Crippen LogP contribution >= 0.6 is 0 Å². The van der Waals surface area contributed by atoms with Crippen LogP contribution in [0.15, 0.2) is 48.8 Å². The van der Waals surface area contributed by atoms with Gasteiger partial charge < -0.3 is 9.72 Å². The Morgan fingerprint density at radius 2 is 1.66 bits per heavy atom. The number of aromatic nitrogens is 3. The highest BCUT2D eigenvalue weighted by molar-refractivity contribution is 5.63. The lowest BCUT2D eigenvalue weighted by Gasteiger charge is -2.26. The molecule has 1 aromatic carbocycles. The van der Waals surface area contributed by atoms with Gasteiger partial charge in [0.15, 0.2) is 5.69 Å². The second-order valence-electron chi connectivity index (χ2n) is 7.59. The molecule has 0 amide bonds. The van der Waals surface area contributed by atoms with Crippen LogP contribution in [-0.2, 0) is 6.18 Å². The number of rotatable bonds is 4. The molecule has 1 saturated carbocycles. The Morgan fingerprint density at radius 3 is 2.24 bits per heavy atom. The molecule has 1 N–H and O–H groups in total. The smallest absolute Gasteiger partial charge is 0.434 e. The standard InChI is InChI=1S/C22H22F3N3O/c1-14-2-7-17(8-3-14)29-18-9-4-15(5-10-18)19-11-6-16(12-26-19)21-27-13-20(28-21)22(23,24)25/h4-6,9-14,17H,2-3,7-8H2,1H3,(H,27,28)/t14-,17-. The molecule has 2 heterocycles. The Morgan fingerprint density at radius 1 is 0.966 bits per heavy atom. The van der Waals surface area contributed by atoms with Crippen molar-refractivity contribution in [1.29, 1.82) is 0 Å². The number of ether oxygens (including phenoxy) is 1. The number of H-pyrrole nitrogens is 1. The first kappa shape index (κ1) is 19.5. The van der Waals surface area contributed by atoms with Crippen LogP contribution in [-0.4, -0.2) is 21.1 Å². The van der Waals surface area contributed by atoms with Gasteiger partial charge in [0, 0.05) is 23.5 Å². The summed E-state index contributed by atoms with van der Waals surface area (Å²) in [6, 6.07) is 11.2. The number of pyridine rings is 1. The number of aromatic amines is 1. The number of benzene rings is 1. The molecule has 1 aliphatic rings. The lowest BCUT2D eigenvalue weighted by atomic mass is 9.89. The van der Waals surface area contributed by atoms with Gasteiger partial charge in [0.05, 0.1) is 11.8 Å². The minimum absolute atomic E-state index is 0.141. The number of hydrogen-bond acceptors (Lipinski definition) is 3. The van der Waals surface area contributed by atoms with E-state index >= 15 is 0 Å². The number of alkyl halides is 3. The van der Waals surface area contributed by atoms with Crippen molar-refractivity contribution in [3.63, 3.8) is 0 Å². The molecule has 29 heavy (non-hydrogen) atoms. The Bertz CT molecular complexity index is 941. The summed E-state index contributed by atoms with van der Waals surface area (Å²) in [7, 11) is 0. The van der Waals surface area contributed by atoms with Gasteiger partial charge in [-0.3, -0.25) is 4.98 Å². The number of imidazole rings is 1. The summed E-state index contributed by atoms with van der Waals surface area (Å²) in [5.74, 6) is 1.77. The molecule has 0 atom stereocenters. The first-order valence-corrected chi connectivity index (χ1v) is 9.74. The second-order valence-corrected chi connectivity index (χ2v) is 7.59. The Kier molecular flexibility index (Phi) is 5.30. The second kappa shape index (κ2) is 7.89. The summed E-state index contributed by atoms with van der Waals surface area (Å²) >= 11 is 0. The first-order chi connectivity index (χ1) is 13.9. The van der Waals surface area contributed by atoms with Crippen molar-refractivity contribution in [3.05, 3.63) is 54.5 Å². The van der Waals surface area contributed by atoms with Crippen molar-refractivity contribution < 1.29 is 17.9 Å². The lowest BCUT2D eigenvalue weighted by molar-refractivity contribution is -0.140. The Balaban J connectivity index is 1.43. The zero-order valence-corrected chi connectivity index (χ0v) is 16.0. The van der Waals surface area contributed by atoms with E-state index in [4.69, 9.17) is 4.74 Å². The molecular weight excluding hydrogens is 379 g/mol. The quantitative estimate of drug-likeness (QED) is 0.573. The zero-order chi connectivity index (χ0) is 20.4. The van der Waals surface area contributed by atoms with Crippen LogP contribution in [0.5, 0.6) is 5.75 Å². The molecular formula is C22H22F3N3O. The fraction of sp³-hybridized carbons (Fsp3) is 0.364. The van der Waals surface area contributed by atoms with E-state index in [0.717, 1.165) is 42.0 Å². The van der Waals surface area contributed by atoms with Crippen molar-refractivity contribution in [2.45, 2.75) is 44.9 Å². The molecule has 0 aliphatic heterocycles. The average Bonchev–Trinajstić information content (AvgIpc) is 3.21. The lowest BCUT2D eigenvalue weighted by Crippen LogP contribution is -2.22. The minimum Gasteiger partial charge on any atom is -0.490 e. The van der Waals surface area contributed by atoms with E-state index in [1.54, 1.807) is 12.1 Å². The van der Waals surface area contributed by atoms with Gasteiger partial charge >= 0.3 is 6.18 Å². The van der Waals surface area contributed by atoms with Crippen LogP contribution in [0.25, 0.3) is 22.6 Å². The summed E-state index contributed by atoms with van der Waals surface area (Å²) in [6.45, 7) is 2.28. The summed E-state index contributed by atoms with van der Waals surface area (Å²) in [6.07, 6.45) is 2.78. The topological polar surface area (TPSA) is 50.8 Å². The zero-order valence-electron chi connectivity index (χ0n) is 16.0. The molecule has 4 rings (SSSR count). The minimum atomic E-state index is -4.47. The molecule has 0 radical (unpaired) electrons. The third-order valence-corrected chi connectivity index (χ3v) is 5.32. The highest BCUT2D eigenvalue weighted by atomic mass is 19.4. The van der Waals surface area contributed by atoms with Crippen LogP contribution in [0.3, 0.4) is 0 Å². The van der Waals surface area contributed by atoms with Crippen LogP contribution in [0.4, 0.5) is 13.2 Å². The fourth-order valence-electron chi connectivity index (χ4n) is 3.56. The van der Waals surface area contributed by atoms with Gasteiger partial charge in [0.25, 0.3) is 0 Å². The number of halogens is 3. The number of nitrogens with zero attached hydrogens (tertiary/aromatic N) is 2. The van der Waals surface area contributed by atoms with Gasteiger partial charge in [0.2, 0.25) is 0 Å². The van der Waals surface area contributed by atoms with Gasteiger partial charge in [-0.25, -0.2) is 4.98 Å². The number of hydrogen-bond donors (Lipinski definition) is 1. The van der Waals surface area contributed by atoms with E-state index in [1.807, 2.05) is 24.3 Å². The van der Waals surface area contributed by atoms with Crippen LogP contribution in [0.2, 0.25) is 0 Å². The Labute approximate surface area is 167 Å². The van der Waals surface area contributed by atoms with Crippen molar-refractivity contribution in [2.75, 3.05) is 0 Å². The van der Waals surface area contributed by atoms with Crippen LogP contribution in [0, 0.1) is 5.92 Å². The predicted molar refractivity (Wildman–Crippen MR) is 104 cm³/mol. The van der Waals surface area contributed by atoms with Crippen molar-refractivity contribution in [1.82, 2.24) is 15.0 Å². The van der Waals surface area contributed by atoms with E-state index in [-0.39, 0.29) is 11.9 Å². The highest BCUT2D eigenvalue weighted by Crippen LogP contribution is 2.30. The van der Waals surface area contributed by atoms with Crippen molar-refractivity contribution >= 4 is 0 Å². The summed E-state index contributed by atoms with van der Waals surface area (Å²) in [5, 5.41) is 0. The molecule has 152 valence electrons. The SMILES string of the molecule is C[C@H]1CC[C@H](Oc2ccc(-c3ccc(-c4nc(C(F)(F)F)c[nH]4)cn3)cc2)CC1. The van der Waals surface area contributed by atoms with E-state index in [0.29, 0.717) is 5.56 Å². The molecule has 1 aliphatic carbocycles. The highest BCUT2D eigenvalue weighted by Gasteiger charge is 2.33. The Hall–Kier alpha value is -2.83. The van der Waals surface area contributed by atoms with Crippen LogP contribution < -0.4 is 4.74 Å². The van der Waals surface area contributed by atoms with Crippen molar-refractivity contribution in [2.24, 2.45) is 5.92 Å². The summed E-state index contributed by atoms with van der Waals surface area (Å²) in [5.41, 5.74) is 1.20. The molecule has 4 nitrogen and oxygen atoms in total. The van der Waals surface area contributed by atoms with Gasteiger partial charge in [-0.2, -0.15) is 13.2 Å². The third-order valence-electron chi connectivity index (χ3n) is 5.32. The molecule has 7 heteroatoms. The average molecular weight is 401 g/mol. The van der Waals surface area contributed by atoms with Gasteiger partial charge in [-0.15, -0.1) is 0 Å². The largest absolute Gasteiger partial charge is 0.490 e. The summed E-state index contributed by atoms with van der Waals surface area (Å²) in [4.78, 5) is 10.5. The van der Waals surface area contributed by atoms with Crippen molar-refractivity contribution in [3.8, 4) is 28.4 Å². The normalized spacial score (nSPS) is 19.9. The molecule has 0 unspecified atom stereocenters. The summed E-state index contributed by atoms with van der Waals surface area (Å²) < 4.78 is 44.2. The maximum atomic E-state index is 12.7. The molecule has 0 spiro atoms. The molecule has 2 aromatic heterocycles. The maximum Gasteiger partial charge on any atom is 0.434 e. The molecule has 1 fully saturated rings. The third kappa shape index (κ3) is 4.60. The maximum absolute atomic E-state index is 12.7. The van der Waals surface area contributed by atoms with Gasteiger partial charge in [-0.05, 0) is 68.0 Å². The predicted octanol–water partition coefficient (Wildman–Crippen LogP) is 6.12. The van der Waals surface area contributed by atoms with E-state index in [1.165, 1.54) is 19.0 Å². The molecule has 0 bridgehead atoms. The van der Waals surface area contributed by atoms with Gasteiger partial charge in [0.1, 0.15) is 11.6 Å². The monoisotopic (exact) mass is 401 g/mol. The molecule has 0 saturated heterocycles. The van der Waals surface area contributed by atoms with E-state index in [9.17, 15) is 13.2 Å². The van der Waals surface area contributed by atoms with Gasteiger partial charge in [-0.1, -0.05) is 6.92 Å². The number of nitrogens with one attached hydrogen (secondary N) is 1. The fourth-order valence-corrected chi connectivity index (χ4v) is 3.56. The first-order valence-electron chi connectivity index (χ1n) is 9.74.